The first-order valence-electron chi connectivity index (χ1n) is 16.7. The Bertz CT molecular complexity index is 1130. The van der Waals surface area contributed by atoms with Gasteiger partial charge in [0.25, 0.3) is 0 Å². The van der Waals surface area contributed by atoms with Crippen LogP contribution in [0.15, 0.2) is 24.5 Å². The molecule has 3 aliphatic rings. The number of carbonyl (C=O) groups is 4. The van der Waals surface area contributed by atoms with Gasteiger partial charge in [0.1, 0.15) is 5.60 Å². The molecule has 3 amide bonds. The van der Waals surface area contributed by atoms with Gasteiger partial charge in [0.05, 0.1) is 36.7 Å². The van der Waals surface area contributed by atoms with Crippen molar-refractivity contribution < 1.29 is 33.4 Å². The van der Waals surface area contributed by atoms with Gasteiger partial charge in [0, 0.05) is 51.5 Å². The van der Waals surface area contributed by atoms with E-state index in [-0.39, 0.29) is 60.3 Å². The molecule has 2 atom stereocenters. The minimum absolute atomic E-state index is 0.0435. The van der Waals surface area contributed by atoms with E-state index in [0.29, 0.717) is 32.6 Å². The number of amides is 3. The Hall–Kier alpha value is -3.05. The van der Waals surface area contributed by atoms with Gasteiger partial charge in [-0.25, -0.2) is 0 Å². The Morgan fingerprint density at radius 3 is 2.27 bits per heavy atom. The lowest BCUT2D eigenvalue weighted by atomic mass is 9.86. The summed E-state index contributed by atoms with van der Waals surface area (Å²) in [5, 5.41) is 6.08. The fourth-order valence-corrected chi connectivity index (χ4v) is 6.65. The number of nitrogens with one attached hydrogen (secondary N) is 2. The number of hydrogen-bond donors (Lipinski definition) is 2. The predicted octanol–water partition coefficient (Wildman–Crippen LogP) is 3.86. The molecule has 1 unspecified atom stereocenters. The molecule has 4 rings (SSSR count). The molecule has 2 heterocycles. The van der Waals surface area contributed by atoms with Crippen molar-refractivity contribution in [2.45, 2.75) is 121 Å². The lowest BCUT2D eigenvalue weighted by Crippen LogP contribution is -2.39. The number of carbonyl (C=O) groups excluding carboxylic acids is 4. The number of pyridine rings is 1. The van der Waals surface area contributed by atoms with E-state index in [4.69, 9.17) is 14.2 Å². The summed E-state index contributed by atoms with van der Waals surface area (Å²) in [6.07, 6.45) is 11.7. The fourth-order valence-electron chi connectivity index (χ4n) is 6.65. The van der Waals surface area contributed by atoms with E-state index in [1.807, 2.05) is 32.9 Å². The second-order valence-corrected chi connectivity index (χ2v) is 13.7. The molecule has 2 N–H and O–H groups in total. The van der Waals surface area contributed by atoms with Crippen molar-refractivity contribution in [2.75, 3.05) is 26.8 Å². The summed E-state index contributed by atoms with van der Waals surface area (Å²) in [4.78, 5) is 55.8. The van der Waals surface area contributed by atoms with Crippen molar-refractivity contribution in [2.24, 2.45) is 11.8 Å². The SMILES string of the molecule is CN1C(=O)CC(C(=O)NCCOC2CCC(OCCCC(=O)NC3CCC(C(=O)OC(C)(C)C)CC3)CC2)[C@H]1c1cccnc1. The lowest BCUT2D eigenvalue weighted by Gasteiger charge is -2.30. The quantitative estimate of drug-likeness (QED) is 0.248. The monoisotopic (exact) mass is 628 g/mol. The van der Waals surface area contributed by atoms with Crippen LogP contribution >= 0.6 is 0 Å². The number of rotatable bonds is 13. The molecule has 3 fully saturated rings. The lowest BCUT2D eigenvalue weighted by molar-refractivity contribution is -0.161. The summed E-state index contributed by atoms with van der Waals surface area (Å²) in [6.45, 7) is 7.03. The molecule has 0 aromatic carbocycles. The van der Waals surface area contributed by atoms with E-state index >= 15 is 0 Å². The van der Waals surface area contributed by atoms with Crippen LogP contribution < -0.4 is 10.6 Å². The zero-order chi connectivity index (χ0) is 32.4. The van der Waals surface area contributed by atoms with Crippen LogP contribution in [0.2, 0.25) is 0 Å². The van der Waals surface area contributed by atoms with Crippen LogP contribution in [-0.4, -0.2) is 84.2 Å². The molecule has 1 aromatic rings. The van der Waals surface area contributed by atoms with E-state index in [0.717, 1.165) is 56.9 Å². The van der Waals surface area contributed by atoms with Crippen molar-refractivity contribution in [1.82, 2.24) is 20.5 Å². The van der Waals surface area contributed by atoms with E-state index in [1.54, 1.807) is 24.3 Å². The number of likely N-dealkylation sites (tertiary alicyclic amines) is 1. The third kappa shape index (κ3) is 10.8. The summed E-state index contributed by atoms with van der Waals surface area (Å²) in [5.74, 6) is -0.786. The van der Waals surface area contributed by atoms with Crippen LogP contribution in [-0.2, 0) is 33.4 Å². The molecule has 11 heteroatoms. The highest BCUT2D eigenvalue weighted by molar-refractivity contribution is 5.90. The van der Waals surface area contributed by atoms with Crippen molar-refractivity contribution in [3.63, 3.8) is 0 Å². The van der Waals surface area contributed by atoms with E-state index in [9.17, 15) is 19.2 Å². The molecule has 1 saturated heterocycles. The van der Waals surface area contributed by atoms with Crippen LogP contribution in [0, 0.1) is 11.8 Å². The van der Waals surface area contributed by atoms with Crippen LogP contribution in [0.5, 0.6) is 0 Å². The van der Waals surface area contributed by atoms with E-state index in [1.165, 1.54) is 0 Å². The van der Waals surface area contributed by atoms with Gasteiger partial charge in [-0.05, 0) is 90.2 Å². The molecular formula is C34H52N4O7. The normalized spacial score (nSPS) is 27.2. The van der Waals surface area contributed by atoms with Gasteiger partial charge >= 0.3 is 5.97 Å². The summed E-state index contributed by atoms with van der Waals surface area (Å²) in [7, 11) is 1.73. The first-order valence-corrected chi connectivity index (χ1v) is 16.7. The molecule has 0 spiro atoms. The molecule has 2 aliphatic carbocycles. The van der Waals surface area contributed by atoms with Crippen LogP contribution in [0.3, 0.4) is 0 Å². The van der Waals surface area contributed by atoms with Crippen molar-refractivity contribution in [1.29, 1.82) is 0 Å². The summed E-state index contributed by atoms with van der Waals surface area (Å²) in [5.41, 5.74) is 0.391. The number of aromatic nitrogens is 1. The maximum Gasteiger partial charge on any atom is 0.309 e. The topological polar surface area (TPSA) is 136 Å². The van der Waals surface area contributed by atoms with Gasteiger partial charge in [-0.2, -0.15) is 0 Å². The van der Waals surface area contributed by atoms with Crippen LogP contribution in [0.25, 0.3) is 0 Å². The summed E-state index contributed by atoms with van der Waals surface area (Å²) < 4.78 is 17.6. The number of hydrogen-bond acceptors (Lipinski definition) is 8. The molecule has 1 aromatic heterocycles. The van der Waals surface area contributed by atoms with Crippen molar-refractivity contribution in [3.05, 3.63) is 30.1 Å². The predicted molar refractivity (Wildman–Crippen MR) is 168 cm³/mol. The number of ether oxygens (including phenoxy) is 3. The van der Waals surface area contributed by atoms with Gasteiger partial charge in [0.15, 0.2) is 0 Å². The van der Waals surface area contributed by atoms with Crippen LogP contribution in [0.4, 0.5) is 0 Å². The number of esters is 1. The highest BCUT2D eigenvalue weighted by Gasteiger charge is 2.42. The second-order valence-electron chi connectivity index (χ2n) is 13.7. The van der Waals surface area contributed by atoms with Crippen molar-refractivity contribution in [3.8, 4) is 0 Å². The third-order valence-corrected chi connectivity index (χ3v) is 9.06. The first-order chi connectivity index (χ1) is 21.5. The summed E-state index contributed by atoms with van der Waals surface area (Å²) >= 11 is 0. The minimum Gasteiger partial charge on any atom is -0.460 e. The molecular weight excluding hydrogens is 576 g/mol. The Labute approximate surface area is 267 Å². The molecule has 0 radical (unpaired) electrons. The molecule has 1 aliphatic heterocycles. The highest BCUT2D eigenvalue weighted by atomic mass is 16.6. The first kappa shape index (κ1) is 34.8. The Morgan fingerprint density at radius 1 is 0.978 bits per heavy atom. The summed E-state index contributed by atoms with van der Waals surface area (Å²) in [6, 6.07) is 3.53. The molecule has 2 saturated carbocycles. The Morgan fingerprint density at radius 2 is 1.64 bits per heavy atom. The maximum absolute atomic E-state index is 12.9. The van der Waals surface area contributed by atoms with Gasteiger partial charge in [0.2, 0.25) is 17.7 Å². The molecule has 45 heavy (non-hydrogen) atoms. The average molecular weight is 629 g/mol. The maximum atomic E-state index is 12.9. The molecule has 11 nitrogen and oxygen atoms in total. The standard InChI is InChI=1S/C34H52N4O7/c1-34(2,3)45-33(42)23-9-11-25(12-10-23)37-29(39)8-6-19-43-26-13-15-27(16-14-26)44-20-18-36-32(41)28-21-30(40)38(4)31(28)24-7-5-17-35-22-24/h5,7,17,22-23,25-28,31H,6,8-16,18-21H2,1-4H3,(H,36,41)(H,37,39)/t23?,25?,26?,27?,28?,31-/m1/s1. The highest BCUT2D eigenvalue weighted by Crippen LogP contribution is 2.36. The zero-order valence-corrected chi connectivity index (χ0v) is 27.4. The van der Waals surface area contributed by atoms with E-state index < -0.39 is 11.5 Å². The molecule has 0 bridgehead atoms. The van der Waals surface area contributed by atoms with Gasteiger partial charge in [-0.1, -0.05) is 6.07 Å². The van der Waals surface area contributed by atoms with Gasteiger partial charge in [-0.3, -0.25) is 24.2 Å². The smallest absolute Gasteiger partial charge is 0.309 e. The third-order valence-electron chi connectivity index (χ3n) is 9.06. The fraction of sp³-hybridized carbons (Fsp3) is 0.735. The average Bonchev–Trinajstić information content (AvgIpc) is 3.31. The Kier molecular flexibility index (Phi) is 12.8. The van der Waals surface area contributed by atoms with Gasteiger partial charge in [-0.15, -0.1) is 0 Å². The van der Waals surface area contributed by atoms with Gasteiger partial charge < -0.3 is 29.7 Å². The Balaban J connectivity index is 1.02. The van der Waals surface area contributed by atoms with Crippen molar-refractivity contribution >= 4 is 23.7 Å². The minimum atomic E-state index is -0.470. The molecule has 250 valence electrons. The second kappa shape index (κ2) is 16.5. The largest absolute Gasteiger partial charge is 0.460 e. The van der Waals surface area contributed by atoms with E-state index in [2.05, 4.69) is 15.6 Å². The van der Waals surface area contributed by atoms with Crippen LogP contribution in [0.1, 0.15) is 103 Å². The number of nitrogens with zero attached hydrogens (tertiary/aromatic N) is 2. The zero-order valence-electron chi connectivity index (χ0n) is 27.4.